The zero-order valence-electron chi connectivity index (χ0n) is 18.8. The summed E-state index contributed by atoms with van der Waals surface area (Å²) in [5, 5.41) is 3.52. The number of hydrogen-bond donors (Lipinski definition) is 2. The number of rotatable bonds is 2. The number of carbonyl (C=O) groups excluding carboxylic acids is 1. The number of ether oxygens (including phenoxy) is 1. The van der Waals surface area contributed by atoms with E-state index in [-0.39, 0.29) is 0 Å². The zero-order valence-corrected chi connectivity index (χ0v) is 19.5. The van der Waals surface area contributed by atoms with Crippen LogP contribution in [0.25, 0.3) is 27.8 Å². The van der Waals surface area contributed by atoms with Gasteiger partial charge in [0.25, 0.3) is 0 Å². The minimum atomic E-state index is -0.592. The number of nitrogens with two attached hydrogens (primary N) is 1. The maximum Gasteiger partial charge on any atom is 0.412 e. The van der Waals surface area contributed by atoms with E-state index in [2.05, 4.69) is 9.88 Å². The average molecular weight is 450 g/mol. The van der Waals surface area contributed by atoms with E-state index in [1.54, 1.807) is 0 Å². The first-order valence-corrected chi connectivity index (χ1v) is 10.7. The third-order valence-corrected chi connectivity index (χ3v) is 5.38. The molecule has 1 amide bonds. The molecule has 0 atom stereocenters. The molecule has 0 aliphatic rings. The van der Waals surface area contributed by atoms with Gasteiger partial charge in [-0.25, -0.2) is 9.78 Å². The highest BCUT2D eigenvalue weighted by atomic mass is 35.5. The van der Waals surface area contributed by atoms with Gasteiger partial charge in [-0.1, -0.05) is 11.6 Å². The number of halogens is 1. The maximum atomic E-state index is 12.4. The van der Waals surface area contributed by atoms with Gasteiger partial charge < -0.3 is 10.5 Å². The second kappa shape index (κ2) is 7.95. The number of nitrogen functional groups attached to an aromatic ring is 1. The lowest BCUT2D eigenvalue weighted by Gasteiger charge is -2.20. The van der Waals surface area contributed by atoms with Gasteiger partial charge in [0.2, 0.25) is 16.7 Å². The topological polar surface area (TPSA) is 81.1 Å². The van der Waals surface area contributed by atoms with Crippen LogP contribution in [0, 0.1) is 13.8 Å². The molecule has 0 spiro atoms. The fraction of sp³-hybridized carbons (Fsp3) is 0.240. The van der Waals surface area contributed by atoms with Crippen molar-refractivity contribution >= 4 is 51.1 Å². The van der Waals surface area contributed by atoms with E-state index >= 15 is 0 Å². The predicted octanol–water partition coefficient (Wildman–Crippen LogP) is 5.86. The first-order chi connectivity index (χ1) is 15.0. The van der Waals surface area contributed by atoms with Gasteiger partial charge in [0.05, 0.1) is 5.69 Å². The number of anilines is 2. The van der Waals surface area contributed by atoms with Crippen molar-refractivity contribution in [3.8, 4) is 5.69 Å². The summed E-state index contributed by atoms with van der Waals surface area (Å²) in [7, 11) is 0. The fourth-order valence-electron chi connectivity index (χ4n) is 3.59. The van der Waals surface area contributed by atoms with Crippen LogP contribution in [0.15, 0.2) is 48.5 Å². The molecular weight excluding hydrogens is 424 g/mol. The summed E-state index contributed by atoms with van der Waals surface area (Å²) < 4.78 is 7.51. The van der Waals surface area contributed by atoms with E-state index in [9.17, 15) is 4.79 Å². The molecule has 4 rings (SSSR count). The van der Waals surface area contributed by atoms with Gasteiger partial charge in [-0.05, 0) is 70.0 Å². The van der Waals surface area contributed by atoms with Gasteiger partial charge in [-0.3, -0.25) is 5.32 Å². The van der Waals surface area contributed by atoms with Crippen LogP contribution < -0.4 is 15.6 Å². The van der Waals surface area contributed by atoms with E-state index in [0.717, 1.165) is 38.9 Å². The van der Waals surface area contributed by atoms with Crippen LogP contribution in [0.4, 0.5) is 16.2 Å². The van der Waals surface area contributed by atoms with E-state index < -0.39 is 11.7 Å². The summed E-state index contributed by atoms with van der Waals surface area (Å²) >= 11 is 6.13. The van der Waals surface area contributed by atoms with Crippen molar-refractivity contribution in [2.24, 2.45) is 0 Å². The Hall–Kier alpha value is -3.38. The lowest BCUT2D eigenvalue weighted by atomic mass is 10.1. The minimum absolute atomic E-state index is 0.508. The Morgan fingerprint density at radius 2 is 1.59 bits per heavy atom. The molecule has 6 nitrogen and oxygen atoms in total. The van der Waals surface area contributed by atoms with Crippen LogP contribution in [0.2, 0.25) is 5.02 Å². The summed E-state index contributed by atoms with van der Waals surface area (Å²) in [6, 6.07) is 15.3. The van der Waals surface area contributed by atoms with E-state index in [1.807, 2.05) is 83.1 Å². The molecule has 0 saturated carbocycles. The predicted molar refractivity (Wildman–Crippen MR) is 130 cm³/mol. The summed E-state index contributed by atoms with van der Waals surface area (Å²) in [6.45, 7) is 9.38. The minimum Gasteiger partial charge on any atom is -0.444 e. The number of benzene rings is 3. The molecule has 32 heavy (non-hydrogen) atoms. The molecule has 1 heterocycles. The van der Waals surface area contributed by atoms with Gasteiger partial charge in [0.15, 0.2) is 0 Å². The van der Waals surface area contributed by atoms with Crippen LogP contribution in [-0.2, 0) is 4.74 Å². The fourth-order valence-corrected chi connectivity index (χ4v) is 3.72. The number of amides is 1. The Morgan fingerprint density at radius 3 is 2.22 bits per heavy atom. The number of nitrogens with one attached hydrogen (secondary N) is 1. The molecule has 0 unspecified atom stereocenters. The van der Waals surface area contributed by atoms with Crippen molar-refractivity contribution in [3.05, 3.63) is 64.7 Å². The van der Waals surface area contributed by atoms with Gasteiger partial charge in [0.1, 0.15) is 16.6 Å². The van der Waals surface area contributed by atoms with Crippen molar-refractivity contribution in [2.75, 3.05) is 11.1 Å². The zero-order chi connectivity index (χ0) is 23.2. The molecule has 0 bridgehead atoms. The van der Waals surface area contributed by atoms with Crippen molar-refractivity contribution < 1.29 is 14.1 Å². The van der Waals surface area contributed by atoms with Crippen LogP contribution in [0.5, 0.6) is 0 Å². The lowest BCUT2D eigenvalue weighted by Crippen LogP contribution is -2.33. The second-order valence-electron chi connectivity index (χ2n) is 8.90. The molecule has 3 aromatic carbocycles. The first-order valence-electron chi connectivity index (χ1n) is 10.3. The van der Waals surface area contributed by atoms with Gasteiger partial charge in [0, 0.05) is 35.0 Å². The molecule has 0 aliphatic heterocycles. The Bertz CT molecular complexity index is 1360. The monoisotopic (exact) mass is 449 g/mol. The number of hydrogen-bond acceptors (Lipinski definition) is 4. The molecule has 1 aromatic heterocycles. The molecule has 4 aromatic rings. The van der Waals surface area contributed by atoms with Crippen LogP contribution in [0.1, 0.15) is 31.9 Å². The summed E-state index contributed by atoms with van der Waals surface area (Å²) in [6.07, 6.45) is -0.508. The van der Waals surface area contributed by atoms with Crippen molar-refractivity contribution in [1.82, 2.24) is 4.98 Å². The number of fused-ring (bicyclic) bond motifs is 2. The molecule has 0 radical (unpaired) electrons. The maximum absolute atomic E-state index is 12.4. The number of carbonyl (C=O) groups is 1. The highest BCUT2D eigenvalue weighted by Crippen LogP contribution is 2.27. The number of aromatic nitrogens is 2. The van der Waals surface area contributed by atoms with Gasteiger partial charge >= 0.3 is 6.09 Å². The number of nitrogens with zero attached hydrogens (tertiary/aromatic N) is 2. The third-order valence-electron chi connectivity index (χ3n) is 5.13. The van der Waals surface area contributed by atoms with Gasteiger partial charge in [-0.2, -0.15) is 0 Å². The van der Waals surface area contributed by atoms with Crippen LogP contribution in [-0.4, -0.2) is 16.7 Å². The van der Waals surface area contributed by atoms with E-state index in [0.29, 0.717) is 16.4 Å². The van der Waals surface area contributed by atoms with Crippen molar-refractivity contribution in [1.29, 1.82) is 0 Å². The van der Waals surface area contributed by atoms with Gasteiger partial charge in [-0.15, -0.1) is 4.57 Å². The third kappa shape index (κ3) is 4.32. The van der Waals surface area contributed by atoms with E-state index in [4.69, 9.17) is 27.1 Å². The summed E-state index contributed by atoms with van der Waals surface area (Å²) in [4.78, 5) is 17.3. The van der Waals surface area contributed by atoms with Crippen molar-refractivity contribution in [3.63, 3.8) is 0 Å². The van der Waals surface area contributed by atoms with Crippen LogP contribution >= 0.6 is 11.6 Å². The first kappa shape index (κ1) is 21.8. The normalized spacial score (nSPS) is 11.7. The van der Waals surface area contributed by atoms with Crippen molar-refractivity contribution in [2.45, 2.75) is 40.2 Å². The second-order valence-corrected chi connectivity index (χ2v) is 9.34. The molecule has 7 heteroatoms. The standard InChI is InChI=1S/C25H25ClN4O2/c1-14-10-20-22(12-18(14)27)30(17-8-6-16(26)7-9-17)23-13-19(15(2)11-21(23)28-20)29-24(31)32-25(3,4)5/h6-13H,1-5H3,(H2,27,29,31)/p+1. The quantitative estimate of drug-likeness (QED) is 0.228. The molecule has 0 fully saturated rings. The summed E-state index contributed by atoms with van der Waals surface area (Å²) in [5.74, 6) is 0. The smallest absolute Gasteiger partial charge is 0.412 e. The number of aryl methyl sites for hydroxylation is 2. The molecular formula is C25H26ClN4O2+. The average Bonchev–Trinajstić information content (AvgIpc) is 2.68. The molecule has 0 aliphatic carbocycles. The Labute approximate surface area is 192 Å². The summed E-state index contributed by atoms with van der Waals surface area (Å²) in [5.41, 5.74) is 13.0. The Kier molecular flexibility index (Phi) is 5.42. The molecule has 164 valence electrons. The molecule has 0 saturated heterocycles. The Morgan fingerprint density at radius 1 is 1.00 bits per heavy atom. The highest BCUT2D eigenvalue weighted by Gasteiger charge is 2.23. The SMILES string of the molecule is Cc1cc2nc3cc(C)c(NC(=O)OC(C)(C)C)cc3[n+](-c3ccc(Cl)cc3)c2cc1N. The van der Waals surface area contributed by atoms with Crippen LogP contribution in [0.3, 0.4) is 0 Å². The lowest BCUT2D eigenvalue weighted by molar-refractivity contribution is -0.538. The highest BCUT2D eigenvalue weighted by molar-refractivity contribution is 6.30. The largest absolute Gasteiger partial charge is 0.444 e. The molecule has 3 N–H and O–H groups in total. The van der Waals surface area contributed by atoms with E-state index in [1.165, 1.54) is 0 Å². The Balaban J connectivity index is 1.98.